The number of thioether (sulfide) groups is 1. The van der Waals surface area contributed by atoms with E-state index in [1.54, 1.807) is 24.3 Å². The van der Waals surface area contributed by atoms with E-state index in [1.807, 2.05) is 43.3 Å². The molecule has 1 saturated heterocycles. The number of ether oxygens (including phenoxy) is 2. The largest absolute Gasteiger partial charge is 0.490 e. The van der Waals surface area contributed by atoms with Crippen LogP contribution in [0.5, 0.6) is 11.5 Å². The molecule has 186 valence electrons. The smallest absolute Gasteiger partial charge is 0.293 e. The van der Waals surface area contributed by atoms with E-state index in [-0.39, 0.29) is 24.3 Å². The molecule has 0 aromatic heterocycles. The molecule has 1 aliphatic heterocycles. The van der Waals surface area contributed by atoms with E-state index in [1.165, 1.54) is 4.90 Å². The predicted octanol–water partition coefficient (Wildman–Crippen LogP) is 8.73. The third-order valence-corrected chi connectivity index (χ3v) is 7.89. The van der Waals surface area contributed by atoms with Crippen molar-refractivity contribution in [1.29, 1.82) is 0 Å². The average Bonchev–Trinajstić information content (AvgIpc) is 3.09. The number of carbonyl (C=O) groups is 2. The van der Waals surface area contributed by atoms with E-state index in [2.05, 4.69) is 31.9 Å². The molecule has 0 atom stereocenters. The molecule has 0 bridgehead atoms. The van der Waals surface area contributed by atoms with Gasteiger partial charge in [0.25, 0.3) is 11.1 Å². The standard InChI is InChI=1S/C26H19Br2Cl2NO4S/c1-2-34-22-11-17(9-19(28)24(22)35-14-16-5-8-20(29)21(30)10-16)12-23-25(32)31(26(33)36-23)13-15-3-6-18(27)7-4-15/h3-12H,2,13-14H2,1H3/b23-12-. The minimum atomic E-state index is -0.332. The molecular formula is C26H19Br2Cl2NO4S. The van der Waals surface area contributed by atoms with Crippen molar-refractivity contribution in [1.82, 2.24) is 4.90 Å². The predicted molar refractivity (Wildman–Crippen MR) is 152 cm³/mol. The second kappa shape index (κ2) is 12.0. The molecule has 10 heteroatoms. The highest BCUT2D eigenvalue weighted by atomic mass is 79.9. The van der Waals surface area contributed by atoms with E-state index < -0.39 is 0 Å². The zero-order valence-electron chi connectivity index (χ0n) is 18.9. The Morgan fingerprint density at radius 2 is 1.67 bits per heavy atom. The van der Waals surface area contributed by atoms with Gasteiger partial charge in [-0.05, 0) is 93.8 Å². The van der Waals surface area contributed by atoms with Crippen LogP contribution in [0.3, 0.4) is 0 Å². The number of benzene rings is 3. The van der Waals surface area contributed by atoms with Crippen LogP contribution in [0.25, 0.3) is 6.08 Å². The number of rotatable bonds is 8. The van der Waals surface area contributed by atoms with Gasteiger partial charge in [0.2, 0.25) is 0 Å². The average molecular weight is 672 g/mol. The van der Waals surface area contributed by atoms with E-state index in [4.69, 9.17) is 32.7 Å². The molecular weight excluding hydrogens is 653 g/mol. The molecule has 5 nitrogen and oxygen atoms in total. The quantitative estimate of drug-likeness (QED) is 0.224. The molecule has 3 aromatic carbocycles. The van der Waals surface area contributed by atoms with Crippen molar-refractivity contribution in [3.05, 3.63) is 95.2 Å². The lowest BCUT2D eigenvalue weighted by atomic mass is 10.1. The maximum Gasteiger partial charge on any atom is 0.293 e. The Bertz CT molecular complexity index is 1350. The summed E-state index contributed by atoms with van der Waals surface area (Å²) in [4.78, 5) is 27.1. The number of imide groups is 1. The van der Waals surface area contributed by atoms with Crippen molar-refractivity contribution >= 4 is 84.0 Å². The summed E-state index contributed by atoms with van der Waals surface area (Å²) in [5.41, 5.74) is 2.41. The highest BCUT2D eigenvalue weighted by Crippen LogP contribution is 2.40. The Balaban J connectivity index is 1.54. The van der Waals surface area contributed by atoms with Crippen LogP contribution in [0.15, 0.2) is 68.4 Å². The van der Waals surface area contributed by atoms with Gasteiger partial charge in [-0.2, -0.15) is 0 Å². The van der Waals surface area contributed by atoms with Crippen LogP contribution in [-0.2, 0) is 17.9 Å². The van der Waals surface area contributed by atoms with E-state index in [0.29, 0.717) is 43.1 Å². The third kappa shape index (κ3) is 6.47. The number of amides is 2. The first-order valence-electron chi connectivity index (χ1n) is 10.8. The Hall–Kier alpha value is -1.97. The van der Waals surface area contributed by atoms with Crippen LogP contribution in [0.4, 0.5) is 4.79 Å². The molecule has 0 radical (unpaired) electrons. The van der Waals surface area contributed by atoms with Gasteiger partial charge in [0.05, 0.1) is 32.6 Å². The van der Waals surface area contributed by atoms with Crippen molar-refractivity contribution in [3.8, 4) is 11.5 Å². The molecule has 1 fully saturated rings. The summed E-state index contributed by atoms with van der Waals surface area (Å²) in [6.07, 6.45) is 1.68. The van der Waals surface area contributed by atoms with Gasteiger partial charge < -0.3 is 9.47 Å². The zero-order valence-corrected chi connectivity index (χ0v) is 24.4. The summed E-state index contributed by atoms with van der Waals surface area (Å²) >= 11 is 20.0. The summed E-state index contributed by atoms with van der Waals surface area (Å²) in [6, 6.07) is 16.4. The fourth-order valence-corrected chi connectivity index (χ4v) is 5.42. The molecule has 0 saturated carbocycles. The van der Waals surface area contributed by atoms with E-state index in [9.17, 15) is 9.59 Å². The maximum atomic E-state index is 13.0. The van der Waals surface area contributed by atoms with Gasteiger partial charge in [0.15, 0.2) is 11.5 Å². The van der Waals surface area contributed by atoms with Gasteiger partial charge in [-0.3, -0.25) is 14.5 Å². The SMILES string of the molecule is CCOc1cc(/C=C2\SC(=O)N(Cc3ccc(Br)cc3)C2=O)cc(Br)c1OCc1ccc(Cl)c(Cl)c1. The van der Waals surface area contributed by atoms with Gasteiger partial charge in [0.1, 0.15) is 6.61 Å². The van der Waals surface area contributed by atoms with Crippen LogP contribution < -0.4 is 9.47 Å². The first kappa shape index (κ1) is 27.1. The number of hydrogen-bond donors (Lipinski definition) is 0. The van der Waals surface area contributed by atoms with Gasteiger partial charge in [-0.15, -0.1) is 0 Å². The number of halogens is 4. The molecule has 36 heavy (non-hydrogen) atoms. The van der Waals surface area contributed by atoms with Crippen LogP contribution in [0.2, 0.25) is 10.0 Å². The summed E-state index contributed by atoms with van der Waals surface area (Å²) in [5.74, 6) is 0.692. The summed E-state index contributed by atoms with van der Waals surface area (Å²) in [6.45, 7) is 2.76. The minimum absolute atomic E-state index is 0.213. The molecule has 2 amide bonds. The lowest BCUT2D eigenvalue weighted by molar-refractivity contribution is -0.123. The van der Waals surface area contributed by atoms with Crippen molar-refractivity contribution < 1.29 is 19.1 Å². The summed E-state index contributed by atoms with van der Waals surface area (Å²) in [7, 11) is 0. The topological polar surface area (TPSA) is 55.8 Å². The fourth-order valence-electron chi connectivity index (χ4n) is 3.42. The number of hydrogen-bond acceptors (Lipinski definition) is 5. The lowest BCUT2D eigenvalue weighted by Gasteiger charge is -2.15. The van der Waals surface area contributed by atoms with Gasteiger partial charge in [0, 0.05) is 4.47 Å². The Morgan fingerprint density at radius 1 is 0.944 bits per heavy atom. The summed E-state index contributed by atoms with van der Waals surface area (Å²) in [5, 5.41) is 0.619. The van der Waals surface area contributed by atoms with E-state index in [0.717, 1.165) is 27.4 Å². The van der Waals surface area contributed by atoms with Crippen LogP contribution in [0, 0.1) is 0 Å². The highest BCUT2D eigenvalue weighted by Gasteiger charge is 2.35. The Labute approximate surface area is 240 Å². The summed E-state index contributed by atoms with van der Waals surface area (Å²) < 4.78 is 13.4. The molecule has 0 spiro atoms. The highest BCUT2D eigenvalue weighted by molar-refractivity contribution is 9.10. The monoisotopic (exact) mass is 669 g/mol. The molecule has 1 aliphatic rings. The third-order valence-electron chi connectivity index (χ3n) is 5.12. The molecule has 0 N–H and O–H groups in total. The van der Waals surface area contributed by atoms with Crippen LogP contribution in [0.1, 0.15) is 23.6 Å². The second-order valence-electron chi connectivity index (χ2n) is 7.69. The normalized spacial score (nSPS) is 14.6. The van der Waals surface area contributed by atoms with Crippen molar-refractivity contribution in [3.63, 3.8) is 0 Å². The van der Waals surface area contributed by atoms with Crippen molar-refractivity contribution in [2.24, 2.45) is 0 Å². The molecule has 3 aromatic rings. The molecule has 0 aliphatic carbocycles. The van der Waals surface area contributed by atoms with Crippen molar-refractivity contribution in [2.75, 3.05) is 6.61 Å². The van der Waals surface area contributed by atoms with Crippen molar-refractivity contribution in [2.45, 2.75) is 20.1 Å². The Kier molecular flexibility index (Phi) is 9.06. The minimum Gasteiger partial charge on any atom is -0.490 e. The van der Waals surface area contributed by atoms with Gasteiger partial charge in [-0.25, -0.2) is 0 Å². The lowest BCUT2D eigenvalue weighted by Crippen LogP contribution is -2.27. The molecule has 4 rings (SSSR count). The Morgan fingerprint density at radius 3 is 2.36 bits per heavy atom. The first-order chi connectivity index (χ1) is 17.2. The second-order valence-corrected chi connectivity index (χ2v) is 11.3. The van der Waals surface area contributed by atoms with Crippen LogP contribution >= 0.6 is 66.8 Å². The van der Waals surface area contributed by atoms with E-state index >= 15 is 0 Å². The fraction of sp³-hybridized carbons (Fsp3) is 0.154. The number of carbonyl (C=O) groups excluding carboxylic acids is 2. The van der Waals surface area contributed by atoms with Crippen LogP contribution in [-0.4, -0.2) is 22.7 Å². The first-order valence-corrected chi connectivity index (χ1v) is 13.9. The molecule has 0 unspecified atom stereocenters. The maximum absolute atomic E-state index is 13.0. The van der Waals surface area contributed by atoms with Gasteiger partial charge >= 0.3 is 0 Å². The van der Waals surface area contributed by atoms with Gasteiger partial charge in [-0.1, -0.05) is 57.3 Å². The zero-order chi connectivity index (χ0) is 25.8. The molecule has 1 heterocycles. The number of nitrogens with zero attached hydrogens (tertiary/aromatic N) is 1.